The van der Waals surface area contributed by atoms with Gasteiger partial charge in [0.1, 0.15) is 0 Å². The molecule has 3 nitrogen and oxygen atoms in total. The van der Waals surface area contributed by atoms with Gasteiger partial charge in [0.25, 0.3) is 0 Å². The average molecular weight is 250 g/mol. The Morgan fingerprint density at radius 2 is 2.12 bits per heavy atom. The van der Waals surface area contributed by atoms with Crippen molar-refractivity contribution in [3.05, 3.63) is 53.3 Å². The lowest BCUT2D eigenvalue weighted by Gasteiger charge is -2.13. The summed E-state index contributed by atoms with van der Waals surface area (Å²) in [4.78, 5) is 0. The minimum absolute atomic E-state index is 0.380. The number of nitrogens with one attached hydrogen (secondary N) is 1. The van der Waals surface area contributed by atoms with Gasteiger partial charge in [0.05, 0.1) is 6.54 Å². The van der Waals surface area contributed by atoms with Gasteiger partial charge >= 0.3 is 0 Å². The third-order valence-electron chi connectivity index (χ3n) is 2.59. The standard InChI is InChI=1S/C13H16ClN3/c1-11(10-17-8-2-7-16-17)15-9-12-3-5-13(14)6-4-12/h2-8,11,15H,9-10H2,1H3. The van der Waals surface area contributed by atoms with E-state index in [1.54, 1.807) is 6.20 Å². The number of hydrogen-bond donors (Lipinski definition) is 1. The Morgan fingerprint density at radius 3 is 2.76 bits per heavy atom. The van der Waals surface area contributed by atoms with Crippen LogP contribution in [0.15, 0.2) is 42.7 Å². The second-order valence-corrected chi connectivity index (χ2v) is 4.57. The molecule has 0 amide bonds. The number of hydrogen-bond acceptors (Lipinski definition) is 2. The number of aromatic nitrogens is 2. The largest absolute Gasteiger partial charge is 0.308 e. The molecular weight excluding hydrogens is 234 g/mol. The Labute approximate surface area is 106 Å². The second-order valence-electron chi connectivity index (χ2n) is 4.14. The van der Waals surface area contributed by atoms with E-state index in [1.165, 1.54) is 5.56 Å². The number of halogens is 1. The first-order valence-corrected chi connectivity index (χ1v) is 6.07. The molecule has 0 spiro atoms. The summed E-state index contributed by atoms with van der Waals surface area (Å²) in [6.07, 6.45) is 3.77. The summed E-state index contributed by atoms with van der Waals surface area (Å²) in [5.41, 5.74) is 1.24. The van der Waals surface area contributed by atoms with E-state index in [4.69, 9.17) is 11.6 Å². The van der Waals surface area contributed by atoms with Crippen molar-refractivity contribution in [2.45, 2.75) is 26.1 Å². The molecule has 4 heteroatoms. The molecule has 1 atom stereocenters. The van der Waals surface area contributed by atoms with Crippen molar-refractivity contribution >= 4 is 11.6 Å². The highest BCUT2D eigenvalue weighted by molar-refractivity contribution is 6.30. The van der Waals surface area contributed by atoms with Gasteiger partial charge in [-0.05, 0) is 30.7 Å². The molecule has 1 aromatic carbocycles. The lowest BCUT2D eigenvalue weighted by molar-refractivity contribution is 0.451. The maximum atomic E-state index is 5.84. The molecule has 0 saturated carbocycles. The van der Waals surface area contributed by atoms with Crippen LogP contribution in [0.25, 0.3) is 0 Å². The Kier molecular flexibility index (Phi) is 4.18. The predicted octanol–water partition coefficient (Wildman–Crippen LogP) is 2.71. The van der Waals surface area contributed by atoms with Gasteiger partial charge in [-0.1, -0.05) is 23.7 Å². The predicted molar refractivity (Wildman–Crippen MR) is 70.0 cm³/mol. The maximum absolute atomic E-state index is 5.84. The Balaban J connectivity index is 1.79. The van der Waals surface area contributed by atoms with Gasteiger partial charge in [0.2, 0.25) is 0 Å². The van der Waals surface area contributed by atoms with Crippen LogP contribution in [0.2, 0.25) is 5.02 Å². The van der Waals surface area contributed by atoms with Crippen LogP contribution >= 0.6 is 11.6 Å². The van der Waals surface area contributed by atoms with Crippen molar-refractivity contribution in [3.63, 3.8) is 0 Å². The first-order chi connectivity index (χ1) is 8.24. The van der Waals surface area contributed by atoms with Crippen LogP contribution in [0, 0.1) is 0 Å². The van der Waals surface area contributed by atoms with Crippen LogP contribution < -0.4 is 5.32 Å². The molecule has 1 N–H and O–H groups in total. The fourth-order valence-electron chi connectivity index (χ4n) is 1.65. The monoisotopic (exact) mass is 249 g/mol. The molecule has 0 aliphatic heterocycles. The summed E-state index contributed by atoms with van der Waals surface area (Å²) in [6.45, 7) is 3.87. The highest BCUT2D eigenvalue weighted by atomic mass is 35.5. The zero-order valence-corrected chi connectivity index (χ0v) is 10.6. The zero-order chi connectivity index (χ0) is 12.1. The zero-order valence-electron chi connectivity index (χ0n) is 9.81. The van der Waals surface area contributed by atoms with Gasteiger partial charge in [-0.25, -0.2) is 0 Å². The molecular formula is C13H16ClN3. The van der Waals surface area contributed by atoms with Crippen LogP contribution in [-0.4, -0.2) is 15.8 Å². The summed E-state index contributed by atoms with van der Waals surface area (Å²) >= 11 is 5.84. The van der Waals surface area contributed by atoms with E-state index in [1.807, 2.05) is 41.2 Å². The van der Waals surface area contributed by atoms with E-state index in [0.29, 0.717) is 6.04 Å². The molecule has 1 unspecified atom stereocenters. The van der Waals surface area contributed by atoms with Crippen molar-refractivity contribution in [2.24, 2.45) is 0 Å². The van der Waals surface area contributed by atoms with E-state index in [2.05, 4.69) is 17.3 Å². The number of benzene rings is 1. The smallest absolute Gasteiger partial charge is 0.0560 e. The number of rotatable bonds is 5. The molecule has 2 aromatic rings. The van der Waals surface area contributed by atoms with E-state index >= 15 is 0 Å². The van der Waals surface area contributed by atoms with E-state index in [-0.39, 0.29) is 0 Å². The molecule has 17 heavy (non-hydrogen) atoms. The topological polar surface area (TPSA) is 29.9 Å². The van der Waals surface area contributed by atoms with Crippen LogP contribution in [0.1, 0.15) is 12.5 Å². The second kappa shape index (κ2) is 5.84. The summed E-state index contributed by atoms with van der Waals surface area (Å²) in [6, 6.07) is 10.2. The van der Waals surface area contributed by atoms with Crippen LogP contribution in [0.5, 0.6) is 0 Å². The molecule has 0 bridgehead atoms. The van der Waals surface area contributed by atoms with E-state index in [0.717, 1.165) is 18.1 Å². The van der Waals surface area contributed by atoms with Crippen molar-refractivity contribution < 1.29 is 0 Å². The lowest BCUT2D eigenvalue weighted by atomic mass is 10.2. The third-order valence-corrected chi connectivity index (χ3v) is 2.84. The van der Waals surface area contributed by atoms with Crippen molar-refractivity contribution in [3.8, 4) is 0 Å². The first kappa shape index (κ1) is 12.1. The average Bonchev–Trinajstić information content (AvgIpc) is 2.81. The molecule has 2 rings (SSSR count). The van der Waals surface area contributed by atoms with Gasteiger partial charge < -0.3 is 5.32 Å². The van der Waals surface area contributed by atoms with Crippen molar-refractivity contribution in [1.29, 1.82) is 0 Å². The highest BCUT2D eigenvalue weighted by Crippen LogP contribution is 2.09. The van der Waals surface area contributed by atoms with E-state index in [9.17, 15) is 0 Å². The highest BCUT2D eigenvalue weighted by Gasteiger charge is 2.02. The maximum Gasteiger partial charge on any atom is 0.0560 e. The minimum atomic E-state index is 0.380. The Bertz CT molecular complexity index is 436. The molecule has 90 valence electrons. The molecule has 1 aromatic heterocycles. The molecule has 0 saturated heterocycles. The van der Waals surface area contributed by atoms with Crippen LogP contribution in [0.4, 0.5) is 0 Å². The molecule has 0 fully saturated rings. The van der Waals surface area contributed by atoms with Gasteiger partial charge in [-0.15, -0.1) is 0 Å². The molecule has 0 aliphatic carbocycles. The summed E-state index contributed by atoms with van der Waals surface area (Å²) < 4.78 is 1.93. The van der Waals surface area contributed by atoms with Gasteiger partial charge in [0, 0.05) is 30.0 Å². The summed E-state index contributed by atoms with van der Waals surface area (Å²) in [7, 11) is 0. The van der Waals surface area contributed by atoms with Crippen molar-refractivity contribution in [2.75, 3.05) is 0 Å². The SMILES string of the molecule is CC(Cn1cccn1)NCc1ccc(Cl)cc1. The Morgan fingerprint density at radius 1 is 1.35 bits per heavy atom. The minimum Gasteiger partial charge on any atom is -0.308 e. The van der Waals surface area contributed by atoms with Crippen LogP contribution in [-0.2, 0) is 13.1 Å². The normalized spacial score (nSPS) is 12.6. The van der Waals surface area contributed by atoms with Gasteiger partial charge in [-0.3, -0.25) is 4.68 Å². The lowest BCUT2D eigenvalue weighted by Crippen LogP contribution is -2.30. The number of nitrogens with zero attached hydrogens (tertiary/aromatic N) is 2. The van der Waals surface area contributed by atoms with Crippen molar-refractivity contribution in [1.82, 2.24) is 15.1 Å². The first-order valence-electron chi connectivity index (χ1n) is 5.69. The Hall–Kier alpha value is -1.32. The van der Waals surface area contributed by atoms with E-state index < -0.39 is 0 Å². The third kappa shape index (κ3) is 3.88. The fourth-order valence-corrected chi connectivity index (χ4v) is 1.77. The fraction of sp³-hybridized carbons (Fsp3) is 0.308. The van der Waals surface area contributed by atoms with Gasteiger partial charge in [0.15, 0.2) is 0 Å². The van der Waals surface area contributed by atoms with Crippen LogP contribution in [0.3, 0.4) is 0 Å². The summed E-state index contributed by atoms with van der Waals surface area (Å²) in [5.74, 6) is 0. The quantitative estimate of drug-likeness (QED) is 0.883. The molecule has 1 heterocycles. The van der Waals surface area contributed by atoms with Gasteiger partial charge in [-0.2, -0.15) is 5.10 Å². The molecule has 0 radical (unpaired) electrons. The molecule has 0 aliphatic rings. The summed E-state index contributed by atoms with van der Waals surface area (Å²) in [5, 5.41) is 8.41.